The zero-order valence-corrected chi connectivity index (χ0v) is 19.1. The van der Waals surface area contributed by atoms with Crippen molar-refractivity contribution in [3.05, 3.63) is 65.7 Å². The zero-order chi connectivity index (χ0) is 22.8. The van der Waals surface area contributed by atoms with Crippen molar-refractivity contribution >= 4 is 11.8 Å². The van der Waals surface area contributed by atoms with E-state index < -0.39 is 0 Å². The van der Waals surface area contributed by atoms with E-state index in [1.165, 1.54) is 5.56 Å². The number of carbonyl (C=O) groups is 2. The highest BCUT2D eigenvalue weighted by Gasteiger charge is 2.51. The molecule has 5 rings (SSSR count). The predicted molar refractivity (Wildman–Crippen MR) is 125 cm³/mol. The lowest BCUT2D eigenvalue weighted by Gasteiger charge is -2.39. The Morgan fingerprint density at radius 1 is 0.970 bits per heavy atom. The molecule has 2 heterocycles. The van der Waals surface area contributed by atoms with E-state index in [0.717, 1.165) is 43.4 Å². The third-order valence-corrected chi connectivity index (χ3v) is 7.35. The Kier molecular flexibility index (Phi) is 6.36. The highest BCUT2D eigenvalue weighted by atomic mass is 16.5. The first kappa shape index (κ1) is 22.0. The number of nitrogens with zero attached hydrogens (tertiary/aromatic N) is 1. The molecule has 1 saturated carbocycles. The Bertz CT molecular complexity index is 963. The second-order valence-corrected chi connectivity index (χ2v) is 9.57. The van der Waals surface area contributed by atoms with Gasteiger partial charge in [-0.2, -0.15) is 0 Å². The van der Waals surface area contributed by atoms with Gasteiger partial charge in [-0.1, -0.05) is 42.5 Å². The van der Waals surface area contributed by atoms with Gasteiger partial charge in [0.15, 0.2) is 0 Å². The normalized spacial score (nSPS) is 27.8. The lowest BCUT2D eigenvalue weighted by Crippen LogP contribution is -2.53. The van der Waals surface area contributed by atoms with Crippen LogP contribution in [0.1, 0.15) is 49.1 Å². The van der Waals surface area contributed by atoms with Gasteiger partial charge >= 0.3 is 0 Å². The van der Waals surface area contributed by atoms with E-state index in [-0.39, 0.29) is 36.6 Å². The summed E-state index contributed by atoms with van der Waals surface area (Å²) < 4.78 is 10.8. The molecular weight excluding hydrogens is 416 g/mol. The maximum Gasteiger partial charge on any atom is 0.246 e. The van der Waals surface area contributed by atoms with Crippen molar-refractivity contribution in [2.24, 2.45) is 5.92 Å². The van der Waals surface area contributed by atoms with Gasteiger partial charge in [0.1, 0.15) is 12.4 Å². The maximum absolute atomic E-state index is 13.3. The van der Waals surface area contributed by atoms with Crippen molar-refractivity contribution in [3.8, 4) is 5.75 Å². The lowest BCUT2D eigenvalue weighted by molar-refractivity contribution is -0.137. The Balaban J connectivity index is 1.08. The quantitative estimate of drug-likeness (QED) is 0.669. The molecule has 5 atom stereocenters. The number of amides is 2. The summed E-state index contributed by atoms with van der Waals surface area (Å²) in [5.41, 5.74) is 2.28. The van der Waals surface area contributed by atoms with Gasteiger partial charge < -0.3 is 19.7 Å². The number of nitrogens with one attached hydrogen (secondary N) is 1. The Morgan fingerprint density at radius 3 is 2.33 bits per heavy atom. The number of methoxy groups -OCH3 is 1. The average molecular weight is 449 g/mol. The highest BCUT2D eigenvalue weighted by molar-refractivity contribution is 5.84. The van der Waals surface area contributed by atoms with E-state index >= 15 is 0 Å². The lowest BCUT2D eigenvalue weighted by atomic mass is 9.96. The highest BCUT2D eigenvalue weighted by Crippen LogP contribution is 2.50. The molecule has 174 valence electrons. The third kappa shape index (κ3) is 4.91. The molecule has 33 heavy (non-hydrogen) atoms. The van der Waals surface area contributed by atoms with Crippen molar-refractivity contribution in [1.82, 2.24) is 10.2 Å². The van der Waals surface area contributed by atoms with Crippen LogP contribution < -0.4 is 10.1 Å². The topological polar surface area (TPSA) is 67.9 Å². The van der Waals surface area contributed by atoms with Crippen LogP contribution in [0, 0.1) is 5.92 Å². The van der Waals surface area contributed by atoms with Gasteiger partial charge in [0.05, 0.1) is 13.7 Å². The Hall–Kier alpha value is -2.86. The van der Waals surface area contributed by atoms with Crippen LogP contribution in [0.4, 0.5) is 0 Å². The Labute approximate surface area is 195 Å². The fourth-order valence-electron chi connectivity index (χ4n) is 5.64. The molecule has 3 unspecified atom stereocenters. The molecule has 2 saturated heterocycles. The van der Waals surface area contributed by atoms with Gasteiger partial charge in [-0.3, -0.25) is 9.59 Å². The molecule has 6 nitrogen and oxygen atoms in total. The number of benzene rings is 2. The fraction of sp³-hybridized carbons (Fsp3) is 0.481. The maximum atomic E-state index is 13.3. The van der Waals surface area contributed by atoms with E-state index in [4.69, 9.17) is 9.47 Å². The van der Waals surface area contributed by atoms with E-state index in [0.29, 0.717) is 18.4 Å². The van der Waals surface area contributed by atoms with Crippen LogP contribution >= 0.6 is 0 Å². The first-order valence-corrected chi connectivity index (χ1v) is 12.0. The molecule has 1 aliphatic carbocycles. The predicted octanol–water partition coefficient (Wildman–Crippen LogP) is 3.65. The summed E-state index contributed by atoms with van der Waals surface area (Å²) in [6.45, 7) is 0.431. The first-order chi connectivity index (χ1) is 16.1. The summed E-state index contributed by atoms with van der Waals surface area (Å²) in [4.78, 5) is 27.9. The van der Waals surface area contributed by atoms with Gasteiger partial charge in [0, 0.05) is 24.0 Å². The molecule has 3 aliphatic rings. The van der Waals surface area contributed by atoms with Gasteiger partial charge in [0.2, 0.25) is 11.8 Å². The molecule has 2 amide bonds. The summed E-state index contributed by atoms with van der Waals surface area (Å²) in [6, 6.07) is 18.6. The number of fused-ring (bicyclic) bond motifs is 2. The number of piperidine rings is 1. The molecule has 1 N–H and O–H groups in total. The first-order valence-electron chi connectivity index (χ1n) is 12.0. The molecular formula is C27H32N2O4. The second-order valence-electron chi connectivity index (χ2n) is 9.57. The summed E-state index contributed by atoms with van der Waals surface area (Å²) in [5, 5.41) is 3.14. The summed E-state index contributed by atoms with van der Waals surface area (Å²) in [7, 11) is 1.63. The summed E-state index contributed by atoms with van der Waals surface area (Å²) in [6.07, 6.45) is 4.73. The minimum absolute atomic E-state index is 0.0430. The minimum Gasteiger partial charge on any atom is -0.497 e. The van der Waals surface area contributed by atoms with Crippen molar-refractivity contribution in [2.45, 2.75) is 62.8 Å². The standard InChI is InChI=1S/C27H32N2O4/c1-32-23-11-7-18(8-12-23)16-33-17-26(30)28-20-13-21-9-10-22(14-20)29(21)27(31)25-15-24(25)19-5-3-2-4-6-19/h2-8,11-12,20-22,24-25H,9-10,13-17H2,1H3,(H,28,30)/t20?,21-,22+,24?,25?. The molecule has 0 aromatic heterocycles. The smallest absolute Gasteiger partial charge is 0.246 e. The van der Waals surface area contributed by atoms with Crippen LogP contribution in [0.15, 0.2) is 54.6 Å². The van der Waals surface area contributed by atoms with Crippen LogP contribution in [0.5, 0.6) is 5.75 Å². The number of rotatable bonds is 8. The van der Waals surface area contributed by atoms with E-state index in [2.05, 4.69) is 22.3 Å². The van der Waals surface area contributed by atoms with E-state index in [9.17, 15) is 9.59 Å². The van der Waals surface area contributed by atoms with Crippen LogP contribution in [0.3, 0.4) is 0 Å². The number of hydrogen-bond acceptors (Lipinski definition) is 4. The van der Waals surface area contributed by atoms with Crippen LogP contribution in [0.2, 0.25) is 0 Å². The Morgan fingerprint density at radius 2 is 1.67 bits per heavy atom. The van der Waals surface area contributed by atoms with Gasteiger partial charge in [-0.25, -0.2) is 0 Å². The van der Waals surface area contributed by atoms with Gasteiger partial charge in [-0.05, 0) is 61.3 Å². The van der Waals surface area contributed by atoms with Crippen LogP contribution in [-0.4, -0.2) is 48.6 Å². The SMILES string of the molecule is COc1ccc(COCC(=O)NC2C[C@H]3CC[C@@H](C2)N3C(=O)C2CC2c2ccccc2)cc1. The van der Waals surface area contributed by atoms with Crippen LogP contribution in [0.25, 0.3) is 0 Å². The van der Waals surface area contributed by atoms with Gasteiger partial charge in [0.25, 0.3) is 0 Å². The molecule has 2 aliphatic heterocycles. The monoisotopic (exact) mass is 448 g/mol. The zero-order valence-electron chi connectivity index (χ0n) is 19.1. The summed E-state index contributed by atoms with van der Waals surface area (Å²) in [5.74, 6) is 1.54. The van der Waals surface area contributed by atoms with Crippen molar-refractivity contribution in [3.63, 3.8) is 0 Å². The molecule has 3 fully saturated rings. The minimum atomic E-state index is -0.0842. The van der Waals surface area contributed by atoms with Crippen LogP contribution in [-0.2, 0) is 20.9 Å². The van der Waals surface area contributed by atoms with E-state index in [1.807, 2.05) is 42.5 Å². The third-order valence-electron chi connectivity index (χ3n) is 7.35. The fourth-order valence-corrected chi connectivity index (χ4v) is 5.64. The van der Waals surface area contributed by atoms with Crippen molar-refractivity contribution in [2.75, 3.05) is 13.7 Å². The number of hydrogen-bond donors (Lipinski definition) is 1. The molecule has 2 aromatic rings. The molecule has 2 bridgehead atoms. The van der Waals surface area contributed by atoms with Gasteiger partial charge in [-0.15, -0.1) is 0 Å². The second kappa shape index (κ2) is 9.56. The molecule has 0 radical (unpaired) electrons. The number of ether oxygens (including phenoxy) is 2. The van der Waals surface area contributed by atoms with Crippen molar-refractivity contribution < 1.29 is 19.1 Å². The largest absolute Gasteiger partial charge is 0.497 e. The summed E-state index contributed by atoms with van der Waals surface area (Å²) >= 11 is 0. The van der Waals surface area contributed by atoms with E-state index in [1.54, 1.807) is 7.11 Å². The molecule has 6 heteroatoms. The average Bonchev–Trinajstić information content (AvgIpc) is 3.59. The molecule has 0 spiro atoms. The van der Waals surface area contributed by atoms with Crippen molar-refractivity contribution in [1.29, 1.82) is 0 Å². The number of carbonyl (C=O) groups excluding carboxylic acids is 2. The molecule has 2 aromatic carbocycles.